The average molecular weight is 540 g/mol. The topological polar surface area (TPSA) is 136 Å². The number of aliphatic hydroxyl groups excluding tert-OH is 2. The Balaban J connectivity index is 1.42. The molecule has 3 heterocycles. The van der Waals surface area contributed by atoms with Crippen molar-refractivity contribution in [2.24, 2.45) is 0 Å². The number of anilines is 2. The zero-order chi connectivity index (χ0) is 26.8. The average Bonchev–Trinajstić information content (AvgIpc) is 3.36. The molecule has 4 aromatic rings. The molecule has 10 nitrogen and oxygen atoms in total. The fraction of sp³-hybridized carbons (Fsp3) is 0.333. The summed E-state index contributed by atoms with van der Waals surface area (Å²) < 4.78 is 10.8. The van der Waals surface area contributed by atoms with Crippen molar-refractivity contribution in [3.63, 3.8) is 0 Å². The molecular weight excluding hydrogens is 510 g/mol. The lowest BCUT2D eigenvalue weighted by Gasteiger charge is -2.33. The predicted molar refractivity (Wildman–Crippen MR) is 147 cm³/mol. The van der Waals surface area contributed by atoms with E-state index in [9.17, 15) is 15.0 Å². The van der Waals surface area contributed by atoms with E-state index in [0.29, 0.717) is 46.6 Å². The number of aryl methyl sites for hydroxylation is 1. The number of hydrogen-bond donors (Lipinski definition) is 5. The summed E-state index contributed by atoms with van der Waals surface area (Å²) in [6, 6.07) is 10.9. The molecule has 0 amide bonds. The van der Waals surface area contributed by atoms with Crippen molar-refractivity contribution in [3.8, 4) is 17.1 Å². The van der Waals surface area contributed by atoms with Crippen LogP contribution in [0.5, 0.6) is 5.75 Å². The number of pyridine rings is 1. The van der Waals surface area contributed by atoms with Crippen LogP contribution in [0, 0.1) is 6.92 Å². The number of morpholine rings is 1. The lowest BCUT2D eigenvalue weighted by molar-refractivity contribution is 0.00357. The van der Waals surface area contributed by atoms with E-state index >= 15 is 0 Å². The molecule has 5 N–H and O–H groups in total. The SMILES string of the molecule is COc1ccc([C@@H](O)CNc2cc[nH]c(=O)c2-c2nc3c(C)cc(N4CCO[C@H](CO)C4)cc3[nH]2)cc1Cl. The van der Waals surface area contributed by atoms with E-state index in [1.807, 2.05) is 13.0 Å². The lowest BCUT2D eigenvalue weighted by atomic mass is 10.1. The number of halogens is 1. The Morgan fingerprint density at radius 3 is 2.92 bits per heavy atom. The summed E-state index contributed by atoms with van der Waals surface area (Å²) >= 11 is 6.21. The van der Waals surface area contributed by atoms with Crippen LogP contribution < -0.4 is 20.5 Å². The quantitative estimate of drug-likeness (QED) is 0.230. The number of aromatic amines is 2. The maximum absolute atomic E-state index is 12.9. The van der Waals surface area contributed by atoms with Crippen LogP contribution in [-0.4, -0.2) is 71.2 Å². The highest BCUT2D eigenvalue weighted by atomic mass is 35.5. The second-order valence-electron chi connectivity index (χ2n) is 9.25. The minimum atomic E-state index is -0.873. The third-order valence-corrected chi connectivity index (χ3v) is 7.01. The molecule has 5 rings (SSSR count). The Bertz CT molecular complexity index is 1500. The third kappa shape index (κ3) is 5.21. The summed E-state index contributed by atoms with van der Waals surface area (Å²) in [4.78, 5) is 25.9. The first-order chi connectivity index (χ1) is 18.4. The minimum absolute atomic E-state index is 0.0291. The van der Waals surface area contributed by atoms with Gasteiger partial charge < -0.3 is 39.9 Å². The first-order valence-corrected chi connectivity index (χ1v) is 12.7. The van der Waals surface area contributed by atoms with Gasteiger partial charge in [-0.3, -0.25) is 4.79 Å². The number of H-pyrrole nitrogens is 2. The number of rotatable bonds is 8. The number of aliphatic hydroxyl groups is 2. The van der Waals surface area contributed by atoms with Gasteiger partial charge in [0.25, 0.3) is 5.56 Å². The van der Waals surface area contributed by atoms with Crippen molar-refractivity contribution in [2.75, 3.05) is 50.2 Å². The first-order valence-electron chi connectivity index (χ1n) is 12.3. The molecule has 0 bridgehead atoms. The number of benzene rings is 2. The number of nitrogens with zero attached hydrogens (tertiary/aromatic N) is 2. The number of hydrogen-bond acceptors (Lipinski definition) is 8. The molecule has 38 heavy (non-hydrogen) atoms. The molecule has 1 fully saturated rings. The molecule has 0 spiro atoms. The molecule has 0 aliphatic carbocycles. The standard InChI is InChI=1S/C27H30ClN5O5/c1-15-9-17(33-7-8-38-18(13-33)14-34)11-21-25(15)32-26(31-21)24-20(5-6-29-27(24)36)30-12-22(35)16-3-4-23(37-2)19(28)10-16/h3-6,9-11,18,22,34-35H,7-8,12-14H2,1-2H3,(H,31,32)(H2,29,30,36)/t18-,22-/m0/s1. The molecule has 1 aliphatic heterocycles. The Hall–Kier alpha value is -3.57. The van der Waals surface area contributed by atoms with Gasteiger partial charge in [-0.15, -0.1) is 0 Å². The highest BCUT2D eigenvalue weighted by Gasteiger charge is 2.22. The van der Waals surface area contributed by atoms with Gasteiger partial charge in [-0.2, -0.15) is 0 Å². The van der Waals surface area contributed by atoms with Gasteiger partial charge in [-0.1, -0.05) is 17.7 Å². The highest BCUT2D eigenvalue weighted by molar-refractivity contribution is 6.32. The summed E-state index contributed by atoms with van der Waals surface area (Å²) in [5, 5.41) is 23.8. The molecule has 1 saturated heterocycles. The molecule has 1 aliphatic rings. The van der Waals surface area contributed by atoms with Gasteiger partial charge in [0.15, 0.2) is 0 Å². The van der Waals surface area contributed by atoms with E-state index < -0.39 is 6.10 Å². The van der Waals surface area contributed by atoms with E-state index in [0.717, 1.165) is 28.8 Å². The van der Waals surface area contributed by atoms with Gasteiger partial charge >= 0.3 is 0 Å². The minimum Gasteiger partial charge on any atom is -0.495 e. The predicted octanol–water partition coefficient (Wildman–Crippen LogP) is 3.23. The van der Waals surface area contributed by atoms with Crippen LogP contribution in [0.4, 0.5) is 11.4 Å². The summed E-state index contributed by atoms with van der Waals surface area (Å²) in [6.45, 7) is 3.95. The van der Waals surface area contributed by atoms with Gasteiger partial charge in [0, 0.05) is 31.5 Å². The normalized spacial score (nSPS) is 16.6. The second-order valence-corrected chi connectivity index (χ2v) is 9.66. The number of methoxy groups -OCH3 is 1. The molecule has 2 atom stereocenters. The number of fused-ring (bicyclic) bond motifs is 1. The highest BCUT2D eigenvalue weighted by Crippen LogP contribution is 2.31. The van der Waals surface area contributed by atoms with Crippen LogP contribution in [0.1, 0.15) is 17.2 Å². The van der Waals surface area contributed by atoms with Crippen LogP contribution >= 0.6 is 11.6 Å². The Kier molecular flexibility index (Phi) is 7.57. The molecule has 0 unspecified atom stereocenters. The summed E-state index contributed by atoms with van der Waals surface area (Å²) in [6.07, 6.45) is 0.451. The lowest BCUT2D eigenvalue weighted by Crippen LogP contribution is -2.44. The molecular formula is C27H30ClN5O5. The molecule has 0 radical (unpaired) electrons. The zero-order valence-electron chi connectivity index (χ0n) is 21.1. The third-order valence-electron chi connectivity index (χ3n) is 6.71. The van der Waals surface area contributed by atoms with Crippen LogP contribution in [0.3, 0.4) is 0 Å². The number of aromatic nitrogens is 3. The number of nitrogens with one attached hydrogen (secondary N) is 3. The van der Waals surface area contributed by atoms with Crippen molar-refractivity contribution in [1.82, 2.24) is 15.0 Å². The smallest absolute Gasteiger partial charge is 0.261 e. The van der Waals surface area contributed by atoms with Gasteiger partial charge in [0.2, 0.25) is 0 Å². The van der Waals surface area contributed by atoms with E-state index in [1.165, 1.54) is 7.11 Å². The maximum Gasteiger partial charge on any atom is 0.261 e. The summed E-state index contributed by atoms with van der Waals surface area (Å²) in [5.74, 6) is 0.944. The van der Waals surface area contributed by atoms with Gasteiger partial charge in [-0.25, -0.2) is 4.98 Å². The summed E-state index contributed by atoms with van der Waals surface area (Å²) in [5.41, 5.74) is 4.69. The molecule has 11 heteroatoms. The van der Waals surface area contributed by atoms with Crippen molar-refractivity contribution in [2.45, 2.75) is 19.1 Å². The molecule has 0 saturated carbocycles. The number of ether oxygens (including phenoxy) is 2. The van der Waals surface area contributed by atoms with Crippen LogP contribution in [0.2, 0.25) is 5.02 Å². The molecule has 2 aromatic carbocycles. The molecule has 200 valence electrons. The second kappa shape index (κ2) is 11.0. The van der Waals surface area contributed by atoms with Gasteiger partial charge in [-0.05, 0) is 48.4 Å². The monoisotopic (exact) mass is 539 g/mol. The Labute approximate surface area is 224 Å². The first kappa shape index (κ1) is 26.1. The van der Waals surface area contributed by atoms with Gasteiger partial charge in [0.1, 0.15) is 17.1 Å². The van der Waals surface area contributed by atoms with E-state index in [1.54, 1.807) is 30.5 Å². The van der Waals surface area contributed by atoms with Crippen molar-refractivity contribution < 1.29 is 19.7 Å². The van der Waals surface area contributed by atoms with Crippen molar-refractivity contribution >= 4 is 34.0 Å². The van der Waals surface area contributed by atoms with Crippen LogP contribution in [0.15, 0.2) is 47.4 Å². The maximum atomic E-state index is 12.9. The van der Waals surface area contributed by atoms with E-state index in [2.05, 4.69) is 26.3 Å². The Morgan fingerprint density at radius 1 is 1.32 bits per heavy atom. The molecule has 2 aromatic heterocycles. The van der Waals surface area contributed by atoms with Crippen LogP contribution in [0.25, 0.3) is 22.4 Å². The van der Waals surface area contributed by atoms with Crippen LogP contribution in [-0.2, 0) is 4.74 Å². The largest absolute Gasteiger partial charge is 0.495 e. The van der Waals surface area contributed by atoms with E-state index in [-0.39, 0.29) is 24.8 Å². The van der Waals surface area contributed by atoms with E-state index in [4.69, 9.17) is 26.1 Å². The van der Waals surface area contributed by atoms with Crippen molar-refractivity contribution in [3.05, 3.63) is 69.1 Å². The fourth-order valence-corrected chi connectivity index (χ4v) is 4.98. The van der Waals surface area contributed by atoms with Gasteiger partial charge in [0.05, 0.1) is 54.3 Å². The fourth-order valence-electron chi connectivity index (χ4n) is 4.71. The van der Waals surface area contributed by atoms with Crippen molar-refractivity contribution in [1.29, 1.82) is 0 Å². The summed E-state index contributed by atoms with van der Waals surface area (Å²) in [7, 11) is 1.53. The Morgan fingerprint density at radius 2 is 2.16 bits per heavy atom. The zero-order valence-corrected chi connectivity index (χ0v) is 21.9. The number of imidazole rings is 1.